The first-order valence-electron chi connectivity index (χ1n) is 10.3. The van der Waals surface area contributed by atoms with Gasteiger partial charge in [0, 0.05) is 12.8 Å². The predicted molar refractivity (Wildman–Crippen MR) is 115 cm³/mol. The van der Waals surface area contributed by atoms with Crippen molar-refractivity contribution in [3.63, 3.8) is 0 Å². The summed E-state index contributed by atoms with van der Waals surface area (Å²) in [6, 6.07) is -0.213. The van der Waals surface area contributed by atoms with Crippen LogP contribution in [0.3, 0.4) is 0 Å². The first-order chi connectivity index (χ1) is 14.2. The molecule has 0 aromatic rings. The highest BCUT2D eigenvalue weighted by Crippen LogP contribution is 2.27. The standard InChI is InChI=1S/C22H38N2O6/c1-8-10-11-14-26-28-30-29-27-22(5,6)18-12-13-24-20(16-18)19(23)15-17(9-2)21(3,4)25-7/h9,12-13,15-16,20,24H,8,10-11,14,23H2,1-7H3/b17-9+,19-15-. The third kappa shape index (κ3) is 8.59. The average Bonchev–Trinajstić information content (AvgIpc) is 2.73. The minimum absolute atomic E-state index is 0.213. The Labute approximate surface area is 180 Å². The van der Waals surface area contributed by atoms with Crippen molar-refractivity contribution in [2.24, 2.45) is 5.73 Å². The van der Waals surface area contributed by atoms with Crippen molar-refractivity contribution in [3.05, 3.63) is 47.3 Å². The van der Waals surface area contributed by atoms with E-state index in [1.165, 1.54) is 0 Å². The number of nitrogens with two attached hydrogens (primary N) is 1. The first kappa shape index (κ1) is 26.4. The van der Waals surface area contributed by atoms with Gasteiger partial charge < -0.3 is 15.8 Å². The largest absolute Gasteiger partial charge is 0.400 e. The van der Waals surface area contributed by atoms with Crippen LogP contribution in [0, 0.1) is 0 Å². The number of allylic oxidation sites excluding steroid dienone is 1. The van der Waals surface area contributed by atoms with Gasteiger partial charge in [-0.15, -0.1) is 0 Å². The zero-order valence-electron chi connectivity index (χ0n) is 19.3. The summed E-state index contributed by atoms with van der Waals surface area (Å²) in [5.41, 5.74) is 7.58. The van der Waals surface area contributed by atoms with E-state index in [1.807, 2.05) is 65.1 Å². The van der Waals surface area contributed by atoms with E-state index in [0.29, 0.717) is 12.3 Å². The molecule has 0 aromatic carbocycles. The van der Waals surface area contributed by atoms with Crippen molar-refractivity contribution < 1.29 is 29.6 Å². The van der Waals surface area contributed by atoms with E-state index < -0.39 is 11.2 Å². The molecule has 0 aliphatic carbocycles. The molecule has 1 rings (SSSR count). The molecule has 1 unspecified atom stereocenters. The topological polar surface area (TPSA) is 93.4 Å². The SMILES string of the molecule is C/C=C(\C=C(/N)C1C=C(C(C)(C)OOOOOCCCCC)C=CN1)C(C)(C)OC. The van der Waals surface area contributed by atoms with E-state index in [2.05, 4.69) is 27.4 Å². The number of unbranched alkanes of at least 4 members (excludes halogenated alkanes) is 2. The maximum Gasteiger partial charge on any atom is 0.126 e. The van der Waals surface area contributed by atoms with Crippen LogP contribution in [0.4, 0.5) is 0 Å². The molecule has 30 heavy (non-hydrogen) atoms. The number of ether oxygens (including phenoxy) is 1. The van der Waals surface area contributed by atoms with Gasteiger partial charge in [-0.25, -0.2) is 4.89 Å². The number of hydrogen-bond acceptors (Lipinski definition) is 8. The van der Waals surface area contributed by atoms with Gasteiger partial charge in [0.1, 0.15) is 5.60 Å². The molecular formula is C22H38N2O6. The molecule has 172 valence electrons. The molecular weight excluding hydrogens is 388 g/mol. The van der Waals surface area contributed by atoms with Crippen molar-refractivity contribution in [2.45, 2.75) is 78.0 Å². The van der Waals surface area contributed by atoms with Gasteiger partial charge in [0.25, 0.3) is 0 Å². The summed E-state index contributed by atoms with van der Waals surface area (Å²) in [6.45, 7) is 12.1. The van der Waals surface area contributed by atoms with Crippen LogP contribution in [0.25, 0.3) is 0 Å². The lowest BCUT2D eigenvalue weighted by atomic mass is 9.91. The highest BCUT2D eigenvalue weighted by Gasteiger charge is 2.28. The van der Waals surface area contributed by atoms with Gasteiger partial charge in [0.15, 0.2) is 0 Å². The fourth-order valence-corrected chi connectivity index (χ4v) is 2.73. The molecule has 0 fully saturated rings. The van der Waals surface area contributed by atoms with Crippen LogP contribution in [-0.2, 0) is 29.6 Å². The maximum absolute atomic E-state index is 6.36. The quantitative estimate of drug-likeness (QED) is 0.184. The summed E-state index contributed by atoms with van der Waals surface area (Å²) in [7, 11) is 1.68. The van der Waals surface area contributed by atoms with Gasteiger partial charge in [-0.05, 0) is 85.7 Å². The number of dihydropyridines is 1. The molecule has 1 heterocycles. The van der Waals surface area contributed by atoms with E-state index in [0.717, 1.165) is 30.4 Å². The Hall–Kier alpha value is -1.68. The molecule has 0 saturated heterocycles. The third-order valence-electron chi connectivity index (χ3n) is 4.96. The first-order valence-corrected chi connectivity index (χ1v) is 10.3. The lowest BCUT2D eigenvalue weighted by Crippen LogP contribution is -2.36. The Balaban J connectivity index is 2.66. The summed E-state index contributed by atoms with van der Waals surface area (Å²) < 4.78 is 5.56. The molecule has 8 heteroatoms. The summed E-state index contributed by atoms with van der Waals surface area (Å²) in [5.74, 6) is 0. The predicted octanol–water partition coefficient (Wildman–Crippen LogP) is 4.32. The van der Waals surface area contributed by atoms with Crippen molar-refractivity contribution >= 4 is 0 Å². The summed E-state index contributed by atoms with van der Waals surface area (Å²) in [4.78, 5) is 10.2. The Morgan fingerprint density at radius 2 is 1.90 bits per heavy atom. The highest BCUT2D eigenvalue weighted by atomic mass is 17.8. The van der Waals surface area contributed by atoms with Crippen LogP contribution in [0.1, 0.15) is 60.8 Å². The fraction of sp³-hybridized carbons (Fsp3) is 0.636. The zero-order chi connectivity index (χ0) is 22.6. The minimum Gasteiger partial charge on any atom is -0.400 e. The van der Waals surface area contributed by atoms with Crippen LogP contribution in [-0.4, -0.2) is 31.0 Å². The number of methoxy groups -OCH3 is 1. The Morgan fingerprint density at radius 3 is 2.53 bits per heavy atom. The third-order valence-corrected chi connectivity index (χ3v) is 4.96. The minimum atomic E-state index is -0.822. The fourth-order valence-electron chi connectivity index (χ4n) is 2.73. The Kier molecular flexibility index (Phi) is 11.3. The monoisotopic (exact) mass is 426 g/mol. The molecule has 8 nitrogen and oxygen atoms in total. The van der Waals surface area contributed by atoms with E-state index in [1.54, 1.807) is 7.11 Å². The molecule has 0 bridgehead atoms. The van der Waals surface area contributed by atoms with E-state index >= 15 is 0 Å². The van der Waals surface area contributed by atoms with Crippen LogP contribution in [0.15, 0.2) is 47.3 Å². The van der Waals surface area contributed by atoms with Gasteiger partial charge in [0.2, 0.25) is 0 Å². The lowest BCUT2D eigenvalue weighted by Gasteiger charge is -2.29. The van der Waals surface area contributed by atoms with Crippen molar-refractivity contribution in [1.29, 1.82) is 0 Å². The second-order valence-electron chi connectivity index (χ2n) is 8.03. The molecule has 0 saturated carbocycles. The number of rotatable bonds is 14. The van der Waals surface area contributed by atoms with Gasteiger partial charge >= 0.3 is 0 Å². The second-order valence-corrected chi connectivity index (χ2v) is 8.03. The van der Waals surface area contributed by atoms with Crippen molar-refractivity contribution in [3.8, 4) is 0 Å². The molecule has 1 atom stereocenters. The molecule has 1 aliphatic rings. The van der Waals surface area contributed by atoms with E-state index in [-0.39, 0.29) is 6.04 Å². The van der Waals surface area contributed by atoms with Crippen molar-refractivity contribution in [2.75, 3.05) is 13.7 Å². The molecule has 3 N–H and O–H groups in total. The number of hydrogen-bond donors (Lipinski definition) is 2. The summed E-state index contributed by atoms with van der Waals surface area (Å²) >= 11 is 0. The van der Waals surface area contributed by atoms with Crippen LogP contribution in [0.5, 0.6) is 0 Å². The van der Waals surface area contributed by atoms with Gasteiger partial charge in [-0.3, -0.25) is 0 Å². The van der Waals surface area contributed by atoms with Gasteiger partial charge in [-0.2, -0.15) is 4.89 Å². The summed E-state index contributed by atoms with van der Waals surface area (Å²) in [6.07, 6.45) is 12.6. The van der Waals surface area contributed by atoms with Crippen LogP contribution >= 0.6 is 0 Å². The molecule has 0 amide bonds. The van der Waals surface area contributed by atoms with E-state index in [4.69, 9.17) is 20.2 Å². The lowest BCUT2D eigenvalue weighted by molar-refractivity contribution is -0.716. The molecule has 0 aromatic heterocycles. The van der Waals surface area contributed by atoms with Gasteiger partial charge in [0.05, 0.1) is 18.2 Å². The molecule has 0 radical (unpaired) electrons. The second kappa shape index (κ2) is 12.9. The van der Waals surface area contributed by atoms with Gasteiger partial charge in [-0.1, -0.05) is 31.9 Å². The zero-order valence-corrected chi connectivity index (χ0v) is 19.3. The Morgan fingerprint density at radius 1 is 1.17 bits per heavy atom. The van der Waals surface area contributed by atoms with Crippen LogP contribution in [0.2, 0.25) is 0 Å². The van der Waals surface area contributed by atoms with Crippen molar-refractivity contribution in [1.82, 2.24) is 5.32 Å². The maximum atomic E-state index is 6.36. The molecule has 0 spiro atoms. The average molecular weight is 427 g/mol. The van der Waals surface area contributed by atoms with Crippen LogP contribution < -0.4 is 11.1 Å². The number of nitrogens with one attached hydrogen (secondary N) is 1. The molecule has 1 aliphatic heterocycles. The summed E-state index contributed by atoms with van der Waals surface area (Å²) in [5, 5.41) is 16.9. The smallest absolute Gasteiger partial charge is 0.126 e. The highest BCUT2D eigenvalue weighted by molar-refractivity contribution is 5.39. The van der Waals surface area contributed by atoms with E-state index in [9.17, 15) is 0 Å². The normalized spacial score (nSPS) is 18.4. The Bertz CT molecular complexity index is 638.